The molecule has 0 aromatic heterocycles. The number of rotatable bonds is 5. The van der Waals surface area contributed by atoms with Crippen LogP contribution in [0, 0.1) is 11.6 Å². The molecule has 0 fully saturated rings. The number of nitrogens with two attached hydrogens (primary N) is 1. The van der Waals surface area contributed by atoms with Crippen LogP contribution in [0.2, 0.25) is 0 Å². The van der Waals surface area contributed by atoms with Gasteiger partial charge in [-0.3, -0.25) is 0 Å². The highest BCUT2D eigenvalue weighted by molar-refractivity contribution is 5.28. The van der Waals surface area contributed by atoms with Gasteiger partial charge >= 0.3 is 0 Å². The molecule has 0 aliphatic carbocycles. The summed E-state index contributed by atoms with van der Waals surface area (Å²) in [6.07, 6.45) is 0.525. The zero-order valence-electron chi connectivity index (χ0n) is 9.27. The lowest BCUT2D eigenvalue weighted by Gasteiger charge is -2.08. The van der Waals surface area contributed by atoms with Crippen LogP contribution < -0.4 is 5.73 Å². The predicted molar refractivity (Wildman–Crippen MR) is 57.9 cm³/mol. The molecule has 2 N–H and O–H groups in total. The van der Waals surface area contributed by atoms with Crippen molar-refractivity contribution in [3.05, 3.63) is 34.9 Å². The molecular weight excluding hydrogens is 215 g/mol. The summed E-state index contributed by atoms with van der Waals surface area (Å²) in [5.41, 5.74) is 5.72. The molecule has 0 radical (unpaired) electrons. The van der Waals surface area contributed by atoms with Gasteiger partial charge < -0.3 is 5.73 Å². The summed E-state index contributed by atoms with van der Waals surface area (Å²) in [6, 6.07) is 2.30. The highest BCUT2D eigenvalue weighted by atomic mass is 19.2. The third-order valence-electron chi connectivity index (χ3n) is 2.49. The standard InChI is InChI=1S/C12H16F3N/c1-8(13)10-6-9(4-2-3-5-16)12(15)11(14)7-10/h6-8H,2-5,16H2,1H3. The number of hydrogen-bond donors (Lipinski definition) is 1. The Kier molecular flexibility index (Phi) is 4.80. The van der Waals surface area contributed by atoms with Gasteiger partial charge in [-0.2, -0.15) is 0 Å². The normalized spacial score (nSPS) is 12.8. The molecule has 90 valence electrons. The fraction of sp³-hybridized carbons (Fsp3) is 0.500. The van der Waals surface area contributed by atoms with E-state index in [1.807, 2.05) is 0 Å². The summed E-state index contributed by atoms with van der Waals surface area (Å²) in [7, 11) is 0. The molecule has 0 heterocycles. The molecular formula is C12H16F3N. The first kappa shape index (κ1) is 13.0. The molecule has 0 saturated carbocycles. The summed E-state index contributed by atoms with van der Waals surface area (Å²) < 4.78 is 39.5. The van der Waals surface area contributed by atoms with Gasteiger partial charge in [0.1, 0.15) is 6.17 Å². The lowest BCUT2D eigenvalue weighted by molar-refractivity contribution is 0.370. The van der Waals surface area contributed by atoms with E-state index in [2.05, 4.69) is 0 Å². The van der Waals surface area contributed by atoms with E-state index in [-0.39, 0.29) is 11.1 Å². The Labute approximate surface area is 93.5 Å². The van der Waals surface area contributed by atoms with Crippen molar-refractivity contribution in [2.45, 2.75) is 32.4 Å². The Bertz CT molecular complexity index is 350. The zero-order chi connectivity index (χ0) is 12.1. The number of aryl methyl sites for hydroxylation is 1. The van der Waals surface area contributed by atoms with Crippen molar-refractivity contribution in [1.82, 2.24) is 0 Å². The molecule has 0 bridgehead atoms. The Hall–Kier alpha value is -1.03. The van der Waals surface area contributed by atoms with Crippen molar-refractivity contribution in [2.24, 2.45) is 5.73 Å². The van der Waals surface area contributed by atoms with Crippen LogP contribution in [0.1, 0.15) is 37.1 Å². The van der Waals surface area contributed by atoms with E-state index in [4.69, 9.17) is 5.73 Å². The van der Waals surface area contributed by atoms with E-state index < -0.39 is 17.8 Å². The largest absolute Gasteiger partial charge is 0.330 e. The molecule has 1 aromatic rings. The minimum Gasteiger partial charge on any atom is -0.330 e. The monoisotopic (exact) mass is 231 g/mol. The quantitative estimate of drug-likeness (QED) is 0.773. The molecule has 0 aliphatic heterocycles. The molecule has 16 heavy (non-hydrogen) atoms. The molecule has 4 heteroatoms. The van der Waals surface area contributed by atoms with Crippen LogP contribution in [0.15, 0.2) is 12.1 Å². The van der Waals surface area contributed by atoms with E-state index in [1.165, 1.54) is 13.0 Å². The molecule has 0 amide bonds. The van der Waals surface area contributed by atoms with Crippen molar-refractivity contribution >= 4 is 0 Å². The average molecular weight is 231 g/mol. The Morgan fingerprint density at radius 3 is 2.50 bits per heavy atom. The summed E-state index contributed by atoms with van der Waals surface area (Å²) in [6.45, 7) is 1.82. The summed E-state index contributed by atoms with van der Waals surface area (Å²) in [5.74, 6) is -1.86. The predicted octanol–water partition coefficient (Wildman–Crippen LogP) is 3.28. The van der Waals surface area contributed by atoms with E-state index in [0.29, 0.717) is 19.4 Å². The lowest BCUT2D eigenvalue weighted by atomic mass is 10.0. The van der Waals surface area contributed by atoms with Crippen LogP contribution in [0.25, 0.3) is 0 Å². The molecule has 1 unspecified atom stereocenters. The van der Waals surface area contributed by atoms with Crippen molar-refractivity contribution < 1.29 is 13.2 Å². The van der Waals surface area contributed by atoms with Crippen molar-refractivity contribution in [3.63, 3.8) is 0 Å². The van der Waals surface area contributed by atoms with Crippen LogP contribution in [-0.2, 0) is 6.42 Å². The maximum Gasteiger partial charge on any atom is 0.162 e. The van der Waals surface area contributed by atoms with Crippen molar-refractivity contribution in [1.29, 1.82) is 0 Å². The third kappa shape index (κ3) is 3.23. The second-order valence-electron chi connectivity index (χ2n) is 3.84. The van der Waals surface area contributed by atoms with Crippen LogP contribution in [-0.4, -0.2) is 6.54 Å². The van der Waals surface area contributed by atoms with E-state index in [1.54, 1.807) is 0 Å². The van der Waals surface area contributed by atoms with Gasteiger partial charge in [0.25, 0.3) is 0 Å². The molecule has 0 aliphatic rings. The number of alkyl halides is 1. The maximum absolute atomic E-state index is 13.3. The SMILES string of the molecule is CC(F)c1cc(F)c(F)c(CCCCN)c1. The summed E-state index contributed by atoms with van der Waals surface area (Å²) in [4.78, 5) is 0. The molecule has 1 aromatic carbocycles. The Morgan fingerprint density at radius 1 is 1.25 bits per heavy atom. The van der Waals surface area contributed by atoms with E-state index in [0.717, 1.165) is 12.5 Å². The van der Waals surface area contributed by atoms with Gasteiger partial charge in [0, 0.05) is 0 Å². The minimum absolute atomic E-state index is 0.182. The van der Waals surface area contributed by atoms with Gasteiger partial charge in [0.2, 0.25) is 0 Å². The third-order valence-corrected chi connectivity index (χ3v) is 2.49. The first-order chi connectivity index (χ1) is 7.56. The van der Waals surface area contributed by atoms with Gasteiger partial charge in [-0.05, 0) is 56.0 Å². The fourth-order valence-electron chi connectivity index (χ4n) is 1.54. The van der Waals surface area contributed by atoms with Crippen LogP contribution in [0.3, 0.4) is 0 Å². The molecule has 0 spiro atoms. The number of unbranched alkanes of at least 4 members (excludes halogenated alkanes) is 1. The van der Waals surface area contributed by atoms with Gasteiger partial charge in [0.15, 0.2) is 11.6 Å². The molecule has 0 saturated heterocycles. The number of halogens is 3. The maximum atomic E-state index is 13.3. The second kappa shape index (κ2) is 5.89. The van der Waals surface area contributed by atoms with Crippen molar-refractivity contribution in [2.75, 3.05) is 6.54 Å². The van der Waals surface area contributed by atoms with Crippen molar-refractivity contribution in [3.8, 4) is 0 Å². The van der Waals surface area contributed by atoms with Gasteiger partial charge in [-0.25, -0.2) is 13.2 Å². The number of hydrogen-bond acceptors (Lipinski definition) is 1. The summed E-state index contributed by atoms with van der Waals surface area (Å²) in [5, 5.41) is 0. The van der Waals surface area contributed by atoms with Gasteiger partial charge in [0.05, 0.1) is 0 Å². The first-order valence-electron chi connectivity index (χ1n) is 5.38. The van der Waals surface area contributed by atoms with Crippen LogP contribution in [0.4, 0.5) is 13.2 Å². The van der Waals surface area contributed by atoms with Crippen LogP contribution >= 0.6 is 0 Å². The smallest absolute Gasteiger partial charge is 0.162 e. The average Bonchev–Trinajstić information content (AvgIpc) is 2.24. The number of benzene rings is 1. The zero-order valence-corrected chi connectivity index (χ0v) is 9.27. The Balaban J connectivity index is 2.88. The fourth-order valence-corrected chi connectivity index (χ4v) is 1.54. The highest BCUT2D eigenvalue weighted by Crippen LogP contribution is 2.23. The van der Waals surface area contributed by atoms with E-state index >= 15 is 0 Å². The Morgan fingerprint density at radius 2 is 1.94 bits per heavy atom. The topological polar surface area (TPSA) is 26.0 Å². The van der Waals surface area contributed by atoms with E-state index in [9.17, 15) is 13.2 Å². The molecule has 1 nitrogen and oxygen atoms in total. The summed E-state index contributed by atoms with van der Waals surface area (Å²) >= 11 is 0. The second-order valence-corrected chi connectivity index (χ2v) is 3.84. The molecule has 1 atom stereocenters. The lowest BCUT2D eigenvalue weighted by Crippen LogP contribution is -2.02. The molecule has 1 rings (SSSR count). The van der Waals surface area contributed by atoms with Gasteiger partial charge in [-0.15, -0.1) is 0 Å². The first-order valence-corrected chi connectivity index (χ1v) is 5.38. The highest BCUT2D eigenvalue weighted by Gasteiger charge is 2.13. The van der Waals surface area contributed by atoms with Crippen LogP contribution in [0.5, 0.6) is 0 Å². The van der Waals surface area contributed by atoms with Gasteiger partial charge in [-0.1, -0.05) is 0 Å². The minimum atomic E-state index is -1.29.